The van der Waals surface area contributed by atoms with Gasteiger partial charge in [0.1, 0.15) is 5.75 Å². The lowest BCUT2D eigenvalue weighted by Gasteiger charge is -2.13. The van der Waals surface area contributed by atoms with E-state index in [1.165, 1.54) is 0 Å². The van der Waals surface area contributed by atoms with Gasteiger partial charge in [0.05, 0.1) is 12.2 Å². The van der Waals surface area contributed by atoms with Crippen LogP contribution in [0.25, 0.3) is 0 Å². The molecule has 2 rings (SSSR count). The van der Waals surface area contributed by atoms with Gasteiger partial charge in [0.15, 0.2) is 5.11 Å². The van der Waals surface area contributed by atoms with Crippen LogP contribution in [0.2, 0.25) is 0 Å². The molecular formula is C23H29N3O3S. The van der Waals surface area contributed by atoms with Crippen molar-refractivity contribution in [3.8, 4) is 5.75 Å². The maximum atomic E-state index is 12.6. The van der Waals surface area contributed by atoms with Crippen molar-refractivity contribution in [1.82, 2.24) is 5.32 Å². The largest absolute Gasteiger partial charge is 0.493 e. The number of unbranched alkanes of at least 4 members (excludes halogenated alkanes) is 2. The van der Waals surface area contributed by atoms with Crippen LogP contribution in [-0.2, 0) is 4.79 Å². The summed E-state index contributed by atoms with van der Waals surface area (Å²) in [6.07, 6.45) is 3.14. The molecule has 0 radical (unpaired) electrons. The van der Waals surface area contributed by atoms with Gasteiger partial charge < -0.3 is 15.4 Å². The highest BCUT2D eigenvalue weighted by Crippen LogP contribution is 2.19. The number of hydrogen-bond acceptors (Lipinski definition) is 4. The van der Waals surface area contributed by atoms with Crippen LogP contribution in [-0.4, -0.2) is 23.5 Å². The highest BCUT2D eigenvalue weighted by molar-refractivity contribution is 7.80. The van der Waals surface area contributed by atoms with Crippen LogP contribution in [0.1, 0.15) is 50.4 Å². The number of carbonyl (C=O) groups is 2. The fourth-order valence-electron chi connectivity index (χ4n) is 2.57. The molecule has 6 nitrogen and oxygen atoms in total. The molecule has 0 bridgehead atoms. The smallest absolute Gasteiger partial charge is 0.261 e. The summed E-state index contributed by atoms with van der Waals surface area (Å²) in [5, 5.41) is 8.65. The van der Waals surface area contributed by atoms with E-state index in [2.05, 4.69) is 22.9 Å². The van der Waals surface area contributed by atoms with E-state index < -0.39 is 0 Å². The van der Waals surface area contributed by atoms with Gasteiger partial charge in [0.2, 0.25) is 5.91 Å². The van der Waals surface area contributed by atoms with E-state index in [0.29, 0.717) is 29.3 Å². The average molecular weight is 428 g/mol. The van der Waals surface area contributed by atoms with Crippen molar-refractivity contribution in [2.24, 2.45) is 5.92 Å². The van der Waals surface area contributed by atoms with E-state index in [1.807, 2.05) is 19.9 Å². The normalized spacial score (nSPS) is 10.4. The van der Waals surface area contributed by atoms with E-state index >= 15 is 0 Å². The maximum Gasteiger partial charge on any atom is 0.261 e. The second-order valence-corrected chi connectivity index (χ2v) is 7.59. The highest BCUT2D eigenvalue weighted by atomic mass is 32.1. The Kier molecular flexibility index (Phi) is 9.28. The average Bonchev–Trinajstić information content (AvgIpc) is 2.72. The third-order valence-electron chi connectivity index (χ3n) is 4.30. The summed E-state index contributed by atoms with van der Waals surface area (Å²) in [5.41, 5.74) is 1.83. The Hall–Kier alpha value is -2.93. The second-order valence-electron chi connectivity index (χ2n) is 7.18. The van der Waals surface area contributed by atoms with E-state index in [0.717, 1.165) is 19.3 Å². The molecule has 160 valence electrons. The summed E-state index contributed by atoms with van der Waals surface area (Å²) in [4.78, 5) is 24.4. The molecule has 30 heavy (non-hydrogen) atoms. The molecule has 0 aliphatic rings. The van der Waals surface area contributed by atoms with E-state index in [1.54, 1.807) is 42.5 Å². The van der Waals surface area contributed by atoms with Crippen molar-refractivity contribution in [3.05, 3.63) is 54.1 Å². The summed E-state index contributed by atoms with van der Waals surface area (Å²) in [5.74, 6) is 0.0664. The highest BCUT2D eigenvalue weighted by Gasteiger charge is 2.14. The number of anilines is 2. The molecule has 0 heterocycles. The standard InChI is InChI=1S/C23H29N3O3S/c1-4-5-8-15-29-20-10-7-6-9-19(20)22(28)26-23(30)25-18-13-11-17(12-14-18)24-21(27)16(2)3/h6-7,9-14,16H,4-5,8,15H2,1-3H3,(H,24,27)(H2,25,26,28,30). The van der Waals surface area contributed by atoms with Crippen LogP contribution >= 0.6 is 12.2 Å². The molecule has 0 aromatic heterocycles. The van der Waals surface area contributed by atoms with Gasteiger partial charge in [-0.05, 0) is 55.0 Å². The van der Waals surface area contributed by atoms with Crippen molar-refractivity contribution >= 4 is 40.5 Å². The second kappa shape index (κ2) is 11.9. The number of ether oxygens (including phenoxy) is 1. The number of amides is 2. The minimum absolute atomic E-state index is 0.0472. The number of rotatable bonds is 9. The molecule has 0 aliphatic heterocycles. The molecule has 0 atom stereocenters. The number of carbonyl (C=O) groups excluding carboxylic acids is 2. The molecule has 2 aromatic rings. The van der Waals surface area contributed by atoms with Crippen molar-refractivity contribution in [3.63, 3.8) is 0 Å². The number of para-hydroxylation sites is 1. The van der Waals surface area contributed by atoms with Gasteiger partial charge in [-0.3, -0.25) is 14.9 Å². The Morgan fingerprint density at radius 2 is 1.60 bits per heavy atom. The fourth-order valence-corrected chi connectivity index (χ4v) is 2.78. The van der Waals surface area contributed by atoms with Crippen LogP contribution in [0.15, 0.2) is 48.5 Å². The third-order valence-corrected chi connectivity index (χ3v) is 4.50. The Morgan fingerprint density at radius 1 is 0.967 bits per heavy atom. The minimum atomic E-state index is -0.334. The Labute approximate surface area is 183 Å². The van der Waals surface area contributed by atoms with Crippen molar-refractivity contribution in [2.45, 2.75) is 40.0 Å². The SMILES string of the molecule is CCCCCOc1ccccc1C(=O)NC(=S)Nc1ccc(NC(=O)C(C)C)cc1. The van der Waals surface area contributed by atoms with Gasteiger partial charge in [-0.1, -0.05) is 45.7 Å². The van der Waals surface area contributed by atoms with E-state index in [9.17, 15) is 9.59 Å². The minimum Gasteiger partial charge on any atom is -0.493 e. The molecule has 7 heteroatoms. The Balaban J connectivity index is 1.92. The van der Waals surface area contributed by atoms with Gasteiger partial charge in [0.25, 0.3) is 5.91 Å². The molecule has 0 saturated carbocycles. The van der Waals surface area contributed by atoms with Crippen LogP contribution in [0.3, 0.4) is 0 Å². The molecule has 0 fully saturated rings. The molecule has 0 unspecified atom stereocenters. The number of hydrogen-bond donors (Lipinski definition) is 3. The Morgan fingerprint density at radius 3 is 2.23 bits per heavy atom. The number of benzene rings is 2. The summed E-state index contributed by atoms with van der Waals surface area (Å²) in [6.45, 7) is 6.37. The van der Waals surface area contributed by atoms with Crippen LogP contribution < -0.4 is 20.7 Å². The first-order valence-electron chi connectivity index (χ1n) is 10.2. The topological polar surface area (TPSA) is 79.5 Å². The molecule has 0 saturated heterocycles. The van der Waals surface area contributed by atoms with Gasteiger partial charge in [-0.2, -0.15) is 0 Å². The first kappa shape index (κ1) is 23.3. The maximum absolute atomic E-state index is 12.6. The van der Waals surface area contributed by atoms with Gasteiger partial charge in [-0.15, -0.1) is 0 Å². The zero-order valence-corrected chi connectivity index (χ0v) is 18.5. The van der Waals surface area contributed by atoms with Crippen molar-refractivity contribution < 1.29 is 14.3 Å². The van der Waals surface area contributed by atoms with Crippen LogP contribution in [0.4, 0.5) is 11.4 Å². The summed E-state index contributed by atoms with van der Waals surface area (Å²) in [6, 6.07) is 14.2. The van der Waals surface area contributed by atoms with Crippen molar-refractivity contribution in [1.29, 1.82) is 0 Å². The first-order valence-corrected chi connectivity index (χ1v) is 10.6. The van der Waals surface area contributed by atoms with Gasteiger partial charge in [0, 0.05) is 17.3 Å². The van der Waals surface area contributed by atoms with Crippen LogP contribution in [0.5, 0.6) is 5.75 Å². The predicted octanol–water partition coefficient (Wildman–Crippen LogP) is 4.98. The molecular weight excluding hydrogens is 398 g/mol. The van der Waals surface area contributed by atoms with Crippen LogP contribution in [0, 0.1) is 5.92 Å². The van der Waals surface area contributed by atoms with Gasteiger partial charge >= 0.3 is 0 Å². The lowest BCUT2D eigenvalue weighted by Crippen LogP contribution is -2.34. The molecule has 2 aromatic carbocycles. The summed E-state index contributed by atoms with van der Waals surface area (Å²) < 4.78 is 5.76. The van der Waals surface area contributed by atoms with Gasteiger partial charge in [-0.25, -0.2) is 0 Å². The zero-order valence-electron chi connectivity index (χ0n) is 17.7. The van der Waals surface area contributed by atoms with E-state index in [-0.39, 0.29) is 22.8 Å². The van der Waals surface area contributed by atoms with E-state index in [4.69, 9.17) is 17.0 Å². The fraction of sp³-hybridized carbons (Fsp3) is 0.348. The third kappa shape index (κ3) is 7.48. The monoisotopic (exact) mass is 427 g/mol. The van der Waals surface area contributed by atoms with Crippen molar-refractivity contribution in [2.75, 3.05) is 17.2 Å². The molecule has 2 amide bonds. The first-order chi connectivity index (χ1) is 14.4. The molecule has 0 spiro atoms. The molecule has 3 N–H and O–H groups in total. The lowest BCUT2D eigenvalue weighted by molar-refractivity contribution is -0.118. The Bertz CT molecular complexity index is 866. The summed E-state index contributed by atoms with van der Waals surface area (Å²) in [7, 11) is 0. The quantitative estimate of drug-likeness (QED) is 0.389. The zero-order chi connectivity index (χ0) is 21.9. The predicted molar refractivity (Wildman–Crippen MR) is 125 cm³/mol. The number of nitrogens with one attached hydrogen (secondary N) is 3. The summed E-state index contributed by atoms with van der Waals surface area (Å²) >= 11 is 5.26. The molecule has 0 aliphatic carbocycles. The number of thiocarbonyl (C=S) groups is 1. The lowest BCUT2D eigenvalue weighted by atomic mass is 10.2.